The van der Waals surface area contributed by atoms with Gasteiger partial charge in [-0.2, -0.15) is 5.10 Å². The Morgan fingerprint density at radius 2 is 2.22 bits per heavy atom. The fraction of sp³-hybridized carbons (Fsp3) is 0.231. The molecule has 5 heteroatoms. The zero-order chi connectivity index (χ0) is 13.1. The predicted octanol–water partition coefficient (Wildman–Crippen LogP) is 2.01. The van der Waals surface area contributed by atoms with Crippen molar-refractivity contribution in [1.82, 2.24) is 9.78 Å². The number of hydrogen-bond donors (Lipinski definition) is 1. The molecule has 0 amide bonds. The van der Waals surface area contributed by atoms with Crippen LogP contribution in [0.25, 0.3) is 0 Å². The summed E-state index contributed by atoms with van der Waals surface area (Å²) in [6.07, 6.45) is 0. The number of benzene rings is 1. The monoisotopic (exact) mass is 246 g/mol. The second-order valence-corrected chi connectivity index (χ2v) is 4.05. The molecule has 0 unspecified atom stereocenters. The summed E-state index contributed by atoms with van der Waals surface area (Å²) in [5, 5.41) is 13.0. The second-order valence-electron chi connectivity index (χ2n) is 4.05. The maximum atomic E-state index is 10.9. The molecular weight excluding hydrogens is 232 g/mol. The molecule has 0 aliphatic heterocycles. The van der Waals surface area contributed by atoms with E-state index in [1.54, 1.807) is 7.05 Å². The summed E-state index contributed by atoms with van der Waals surface area (Å²) < 4.78 is 6.88. The lowest BCUT2D eigenvalue weighted by Crippen LogP contribution is -2.04. The molecule has 2 aromatic rings. The zero-order valence-corrected chi connectivity index (χ0v) is 10.3. The van der Waals surface area contributed by atoms with E-state index >= 15 is 0 Å². The molecule has 1 N–H and O–H groups in total. The number of aromatic carboxylic acids is 1. The van der Waals surface area contributed by atoms with Gasteiger partial charge in [-0.3, -0.25) is 4.68 Å². The summed E-state index contributed by atoms with van der Waals surface area (Å²) in [7, 11) is 1.60. The molecule has 0 saturated heterocycles. The summed E-state index contributed by atoms with van der Waals surface area (Å²) in [6, 6.07) is 9.18. The van der Waals surface area contributed by atoms with Crippen LogP contribution in [0, 0.1) is 6.92 Å². The van der Waals surface area contributed by atoms with Gasteiger partial charge in [0.05, 0.1) is 0 Å². The standard InChI is InChI=1S/C13H14N2O3/c1-9-4-3-5-11(6-9)18-8-10-7-12(13(16)17)15(2)14-10/h3-7H,8H2,1-2H3,(H,16,17). The lowest BCUT2D eigenvalue weighted by molar-refractivity contribution is 0.0685. The van der Waals surface area contributed by atoms with Crippen molar-refractivity contribution in [1.29, 1.82) is 0 Å². The number of nitrogens with zero attached hydrogens (tertiary/aromatic N) is 2. The zero-order valence-electron chi connectivity index (χ0n) is 10.3. The van der Waals surface area contributed by atoms with E-state index in [0.717, 1.165) is 11.3 Å². The van der Waals surface area contributed by atoms with Gasteiger partial charge in [0.2, 0.25) is 0 Å². The van der Waals surface area contributed by atoms with E-state index in [1.807, 2.05) is 31.2 Å². The summed E-state index contributed by atoms with van der Waals surface area (Å²) in [4.78, 5) is 10.9. The van der Waals surface area contributed by atoms with E-state index in [0.29, 0.717) is 5.69 Å². The van der Waals surface area contributed by atoms with E-state index in [2.05, 4.69) is 5.10 Å². The average molecular weight is 246 g/mol. The van der Waals surface area contributed by atoms with Gasteiger partial charge in [0, 0.05) is 7.05 Å². The fourth-order valence-corrected chi connectivity index (χ4v) is 1.66. The maximum Gasteiger partial charge on any atom is 0.354 e. The van der Waals surface area contributed by atoms with Crippen molar-refractivity contribution in [2.75, 3.05) is 0 Å². The van der Waals surface area contributed by atoms with Gasteiger partial charge in [0.15, 0.2) is 0 Å². The second kappa shape index (κ2) is 4.91. The first-order valence-electron chi connectivity index (χ1n) is 5.52. The molecule has 0 atom stereocenters. The largest absolute Gasteiger partial charge is 0.487 e. The third-order valence-electron chi connectivity index (χ3n) is 2.53. The molecule has 94 valence electrons. The quantitative estimate of drug-likeness (QED) is 0.896. The van der Waals surface area contributed by atoms with Gasteiger partial charge in [-0.25, -0.2) is 4.79 Å². The Bertz CT molecular complexity index is 575. The van der Waals surface area contributed by atoms with E-state index in [-0.39, 0.29) is 12.3 Å². The number of ether oxygens (including phenoxy) is 1. The van der Waals surface area contributed by atoms with E-state index in [1.165, 1.54) is 10.7 Å². The topological polar surface area (TPSA) is 64.3 Å². The highest BCUT2D eigenvalue weighted by atomic mass is 16.5. The first-order chi connectivity index (χ1) is 8.56. The molecule has 1 heterocycles. The van der Waals surface area contributed by atoms with Crippen molar-refractivity contribution in [2.45, 2.75) is 13.5 Å². The van der Waals surface area contributed by atoms with Crippen molar-refractivity contribution in [3.05, 3.63) is 47.3 Å². The highest BCUT2D eigenvalue weighted by Gasteiger charge is 2.11. The number of hydrogen-bond acceptors (Lipinski definition) is 3. The van der Waals surface area contributed by atoms with Crippen LogP contribution in [0.15, 0.2) is 30.3 Å². The Balaban J connectivity index is 2.06. The number of carboxylic acid groups (broad SMARTS) is 1. The number of aromatic nitrogens is 2. The number of aryl methyl sites for hydroxylation is 2. The van der Waals surface area contributed by atoms with Crippen molar-refractivity contribution in [3.8, 4) is 5.75 Å². The van der Waals surface area contributed by atoms with Crippen LogP contribution in [0.4, 0.5) is 0 Å². The van der Waals surface area contributed by atoms with E-state index < -0.39 is 5.97 Å². The number of rotatable bonds is 4. The molecule has 0 spiro atoms. The highest BCUT2D eigenvalue weighted by molar-refractivity contribution is 5.85. The van der Waals surface area contributed by atoms with Gasteiger partial charge in [-0.05, 0) is 30.7 Å². The summed E-state index contributed by atoms with van der Waals surface area (Å²) >= 11 is 0. The molecule has 0 aliphatic carbocycles. The third-order valence-corrected chi connectivity index (χ3v) is 2.53. The van der Waals surface area contributed by atoms with E-state index in [4.69, 9.17) is 9.84 Å². The smallest absolute Gasteiger partial charge is 0.354 e. The van der Waals surface area contributed by atoms with Gasteiger partial charge in [-0.15, -0.1) is 0 Å². The summed E-state index contributed by atoms with van der Waals surface area (Å²) in [5.74, 6) is -0.246. The molecule has 0 aliphatic rings. The SMILES string of the molecule is Cc1cccc(OCc2cc(C(=O)O)n(C)n2)c1. The van der Waals surface area contributed by atoms with E-state index in [9.17, 15) is 4.79 Å². The maximum absolute atomic E-state index is 10.9. The minimum atomic E-state index is -0.994. The Labute approximate surface area is 105 Å². The molecule has 0 fully saturated rings. The highest BCUT2D eigenvalue weighted by Crippen LogP contribution is 2.14. The average Bonchev–Trinajstić information content (AvgIpc) is 2.68. The molecule has 2 rings (SSSR count). The third kappa shape index (κ3) is 2.68. The molecule has 18 heavy (non-hydrogen) atoms. The Hall–Kier alpha value is -2.30. The van der Waals surface area contributed by atoms with Crippen molar-refractivity contribution in [2.24, 2.45) is 7.05 Å². The minimum Gasteiger partial charge on any atom is -0.487 e. The molecule has 0 saturated carbocycles. The Morgan fingerprint density at radius 1 is 1.44 bits per heavy atom. The van der Waals surface area contributed by atoms with Crippen LogP contribution in [0.2, 0.25) is 0 Å². The molecule has 1 aromatic carbocycles. The molecular formula is C13H14N2O3. The van der Waals surface area contributed by atoms with Crippen LogP contribution in [0.5, 0.6) is 5.75 Å². The summed E-state index contributed by atoms with van der Waals surface area (Å²) in [5.41, 5.74) is 1.86. The summed E-state index contributed by atoms with van der Waals surface area (Å²) in [6.45, 7) is 2.24. The van der Waals surface area contributed by atoms with Gasteiger partial charge >= 0.3 is 5.97 Å². The lowest BCUT2D eigenvalue weighted by Gasteiger charge is -2.04. The normalized spacial score (nSPS) is 10.3. The molecule has 1 aromatic heterocycles. The van der Waals surface area contributed by atoms with Crippen LogP contribution < -0.4 is 4.74 Å². The van der Waals surface area contributed by atoms with Crippen molar-refractivity contribution in [3.63, 3.8) is 0 Å². The van der Waals surface area contributed by atoms with Crippen molar-refractivity contribution >= 4 is 5.97 Å². The Morgan fingerprint density at radius 3 is 2.83 bits per heavy atom. The van der Waals surface area contributed by atoms with Crippen LogP contribution in [0.1, 0.15) is 21.7 Å². The van der Waals surface area contributed by atoms with Gasteiger partial charge < -0.3 is 9.84 Å². The van der Waals surface area contributed by atoms with Gasteiger partial charge in [-0.1, -0.05) is 12.1 Å². The van der Waals surface area contributed by atoms with Gasteiger partial charge in [0.25, 0.3) is 0 Å². The predicted molar refractivity (Wildman–Crippen MR) is 65.7 cm³/mol. The Kier molecular flexibility index (Phi) is 3.32. The number of carbonyl (C=O) groups is 1. The van der Waals surface area contributed by atoms with Crippen molar-refractivity contribution < 1.29 is 14.6 Å². The fourth-order valence-electron chi connectivity index (χ4n) is 1.66. The van der Waals surface area contributed by atoms with Gasteiger partial charge in [0.1, 0.15) is 23.7 Å². The molecule has 5 nitrogen and oxygen atoms in total. The van der Waals surface area contributed by atoms with Crippen LogP contribution in [-0.4, -0.2) is 20.9 Å². The minimum absolute atomic E-state index is 0.151. The first kappa shape index (κ1) is 12.2. The molecule has 0 radical (unpaired) electrons. The first-order valence-corrected chi connectivity index (χ1v) is 5.52. The van der Waals surface area contributed by atoms with Crippen LogP contribution >= 0.6 is 0 Å². The van der Waals surface area contributed by atoms with Crippen LogP contribution in [0.3, 0.4) is 0 Å². The number of carboxylic acids is 1. The lowest BCUT2D eigenvalue weighted by atomic mass is 10.2. The van der Waals surface area contributed by atoms with Crippen LogP contribution in [-0.2, 0) is 13.7 Å². The molecule has 0 bridgehead atoms.